The molecule has 380 valence electrons. The Morgan fingerprint density at radius 2 is 0.859 bits per heavy atom. The van der Waals surface area contributed by atoms with Crippen molar-refractivity contribution in [2.45, 2.75) is 132 Å². The number of hydrogen-bond donors (Lipinski definition) is 4. The minimum atomic E-state index is -1.78. The first kappa shape index (κ1) is 52.6. The average Bonchev–Trinajstić information content (AvgIpc) is 3.41. The molecule has 5 aromatic rings. The van der Waals surface area contributed by atoms with E-state index < -0.39 is 98.7 Å². The smallest absolute Gasteiger partial charge is 0.187 e. The van der Waals surface area contributed by atoms with Gasteiger partial charge in [0.25, 0.3) is 0 Å². The SMILES string of the molecule is C=CCO[C@@H]1O[C@H](COCc2ccccc2)[C@@H](O[C@@H]2O[C@@H](C)[C@@H](OCc3ccccc3)[C@@H](OCc3ccccc3)[C@@H]2OCc2ccccc2)[C@H](O[C@@H]2O[C@H](CO)[C@H](O)[C@H](O)[C@H]2O)[C@H]1OCc1ccccc1. The summed E-state index contributed by atoms with van der Waals surface area (Å²) >= 11 is 0. The Morgan fingerprint density at radius 1 is 0.437 bits per heavy atom. The summed E-state index contributed by atoms with van der Waals surface area (Å²) in [5.74, 6) is 0. The van der Waals surface area contributed by atoms with Crippen LogP contribution in [0, 0.1) is 0 Å². The largest absolute Gasteiger partial charge is 0.394 e. The quantitative estimate of drug-likeness (QED) is 0.0546. The van der Waals surface area contributed by atoms with Gasteiger partial charge in [-0.05, 0) is 34.7 Å². The van der Waals surface area contributed by atoms with Crippen LogP contribution in [0.25, 0.3) is 0 Å². The first-order chi connectivity index (χ1) is 34.8. The maximum Gasteiger partial charge on any atom is 0.187 e. The van der Waals surface area contributed by atoms with Crippen LogP contribution >= 0.6 is 0 Å². The van der Waals surface area contributed by atoms with Gasteiger partial charge >= 0.3 is 0 Å². The van der Waals surface area contributed by atoms with Crippen molar-refractivity contribution in [1.82, 2.24) is 0 Å². The van der Waals surface area contributed by atoms with Crippen molar-refractivity contribution < 1.29 is 72.5 Å². The maximum absolute atomic E-state index is 11.5. The summed E-state index contributed by atoms with van der Waals surface area (Å²) in [6, 6.07) is 48.5. The number of ether oxygens (including phenoxy) is 11. The summed E-state index contributed by atoms with van der Waals surface area (Å²) in [4.78, 5) is 0. The molecule has 0 bridgehead atoms. The third-order valence-corrected chi connectivity index (χ3v) is 12.7. The highest BCUT2D eigenvalue weighted by Crippen LogP contribution is 2.38. The molecule has 0 amide bonds. The molecule has 3 fully saturated rings. The fraction of sp³-hybridized carbons (Fsp3) is 0.429. The molecule has 3 aliphatic heterocycles. The van der Waals surface area contributed by atoms with Crippen LogP contribution < -0.4 is 0 Å². The van der Waals surface area contributed by atoms with Gasteiger partial charge in [0, 0.05) is 0 Å². The number of hydrogen-bond acceptors (Lipinski definition) is 15. The predicted molar refractivity (Wildman–Crippen MR) is 259 cm³/mol. The summed E-state index contributed by atoms with van der Waals surface area (Å²) in [5, 5.41) is 43.6. The maximum atomic E-state index is 11.5. The lowest BCUT2D eigenvalue weighted by atomic mass is 9.95. The Hall–Kier alpha value is -4.76. The van der Waals surface area contributed by atoms with E-state index in [1.807, 2.05) is 159 Å². The number of rotatable bonds is 24. The van der Waals surface area contributed by atoms with Crippen molar-refractivity contribution >= 4 is 0 Å². The van der Waals surface area contributed by atoms with E-state index in [0.717, 1.165) is 27.8 Å². The van der Waals surface area contributed by atoms with Crippen LogP contribution in [0.1, 0.15) is 34.7 Å². The van der Waals surface area contributed by atoms with E-state index in [2.05, 4.69) is 6.58 Å². The Balaban J connectivity index is 1.20. The molecule has 4 N–H and O–H groups in total. The summed E-state index contributed by atoms with van der Waals surface area (Å²) in [5.41, 5.74) is 4.52. The second kappa shape index (κ2) is 26.8. The van der Waals surface area contributed by atoms with Gasteiger partial charge in [-0.1, -0.05) is 158 Å². The van der Waals surface area contributed by atoms with Crippen molar-refractivity contribution in [3.63, 3.8) is 0 Å². The van der Waals surface area contributed by atoms with Gasteiger partial charge < -0.3 is 72.5 Å². The van der Waals surface area contributed by atoms with Crippen LogP contribution in [-0.4, -0.2) is 132 Å². The molecule has 0 saturated carbocycles. The lowest BCUT2D eigenvalue weighted by Crippen LogP contribution is -2.67. The van der Waals surface area contributed by atoms with E-state index in [-0.39, 0.29) is 46.2 Å². The Kier molecular flexibility index (Phi) is 19.8. The first-order valence-electron chi connectivity index (χ1n) is 24.2. The Morgan fingerprint density at radius 3 is 1.34 bits per heavy atom. The molecule has 15 atom stereocenters. The summed E-state index contributed by atoms with van der Waals surface area (Å²) in [6.45, 7) is 5.96. The van der Waals surface area contributed by atoms with Gasteiger partial charge in [0.05, 0.1) is 59.0 Å². The standard InChI is InChI=1S/C56H66O15/c1-3-29-62-55-53(66-35-42-27-17-8-18-28-42)51(71-54-47(60)46(59)45(58)43(30-57)68-54)49(44(69-55)36-61-31-38-19-9-4-10-20-38)70-56-52(65-34-41-25-15-7-16-26-41)50(64-33-40-23-13-6-14-24-40)48(37(2)67-56)63-32-39-21-11-5-12-22-39/h3-28,37,43-60H,1,29-36H2,2H3/t37-,43+,44+,45-,46-,47+,48+,49+,50+,51-,52-,53+,54-,55+,56-/m0/s1. The zero-order chi connectivity index (χ0) is 49.4. The Bertz CT molecular complexity index is 2260. The van der Waals surface area contributed by atoms with Gasteiger partial charge in [0.2, 0.25) is 0 Å². The van der Waals surface area contributed by atoms with Crippen LogP contribution in [0.2, 0.25) is 0 Å². The van der Waals surface area contributed by atoms with E-state index >= 15 is 0 Å². The van der Waals surface area contributed by atoms with Crippen LogP contribution in [0.3, 0.4) is 0 Å². The van der Waals surface area contributed by atoms with Crippen molar-refractivity contribution in [3.8, 4) is 0 Å². The molecule has 0 aromatic heterocycles. The average molecular weight is 979 g/mol. The minimum absolute atomic E-state index is 0.0508. The zero-order valence-corrected chi connectivity index (χ0v) is 39.8. The molecule has 15 nitrogen and oxygen atoms in total. The molecule has 0 aliphatic carbocycles. The highest BCUT2D eigenvalue weighted by Gasteiger charge is 2.56. The highest BCUT2D eigenvalue weighted by molar-refractivity contribution is 5.17. The third-order valence-electron chi connectivity index (χ3n) is 12.7. The fourth-order valence-corrected chi connectivity index (χ4v) is 8.91. The predicted octanol–water partition coefficient (Wildman–Crippen LogP) is 5.79. The van der Waals surface area contributed by atoms with Gasteiger partial charge in [0.1, 0.15) is 67.1 Å². The van der Waals surface area contributed by atoms with Crippen molar-refractivity contribution in [3.05, 3.63) is 192 Å². The molecule has 71 heavy (non-hydrogen) atoms. The molecule has 3 heterocycles. The number of benzene rings is 5. The number of aliphatic hydroxyl groups excluding tert-OH is 4. The lowest BCUT2D eigenvalue weighted by molar-refractivity contribution is -0.394. The van der Waals surface area contributed by atoms with Gasteiger partial charge in [-0.15, -0.1) is 6.58 Å². The normalized spacial score (nSPS) is 31.0. The second-order valence-corrected chi connectivity index (χ2v) is 17.8. The Labute approximate surface area is 415 Å². The first-order valence-corrected chi connectivity index (χ1v) is 24.2. The van der Waals surface area contributed by atoms with Gasteiger partial charge in [0.15, 0.2) is 18.9 Å². The van der Waals surface area contributed by atoms with Crippen molar-refractivity contribution in [1.29, 1.82) is 0 Å². The molecule has 3 aliphatic rings. The molecule has 15 heteroatoms. The summed E-state index contributed by atoms with van der Waals surface area (Å²) in [7, 11) is 0. The lowest BCUT2D eigenvalue weighted by Gasteiger charge is -2.51. The van der Waals surface area contributed by atoms with Gasteiger partial charge in [-0.3, -0.25) is 0 Å². The fourth-order valence-electron chi connectivity index (χ4n) is 8.91. The van der Waals surface area contributed by atoms with Crippen LogP contribution in [-0.2, 0) is 85.1 Å². The van der Waals surface area contributed by atoms with Crippen LogP contribution in [0.5, 0.6) is 0 Å². The summed E-state index contributed by atoms with van der Waals surface area (Å²) in [6.07, 6.45) is -16.5. The third kappa shape index (κ3) is 14.3. The molecular weight excluding hydrogens is 913 g/mol. The molecule has 0 spiro atoms. The van der Waals surface area contributed by atoms with Crippen LogP contribution in [0.4, 0.5) is 0 Å². The molecule has 8 rings (SSSR count). The monoisotopic (exact) mass is 978 g/mol. The molecular formula is C56H66O15. The van der Waals surface area contributed by atoms with Gasteiger partial charge in [-0.2, -0.15) is 0 Å². The molecule has 0 unspecified atom stereocenters. The highest BCUT2D eigenvalue weighted by atomic mass is 16.8. The van der Waals surface area contributed by atoms with Crippen molar-refractivity contribution in [2.24, 2.45) is 0 Å². The van der Waals surface area contributed by atoms with E-state index in [4.69, 9.17) is 52.1 Å². The molecule has 5 aromatic carbocycles. The molecule has 3 saturated heterocycles. The van der Waals surface area contributed by atoms with E-state index in [9.17, 15) is 20.4 Å². The minimum Gasteiger partial charge on any atom is -0.394 e. The second-order valence-electron chi connectivity index (χ2n) is 17.8. The topological polar surface area (TPSA) is 182 Å². The van der Waals surface area contributed by atoms with Crippen LogP contribution in [0.15, 0.2) is 164 Å². The zero-order valence-electron chi connectivity index (χ0n) is 39.8. The van der Waals surface area contributed by atoms with E-state index in [1.54, 1.807) is 6.08 Å². The van der Waals surface area contributed by atoms with E-state index in [1.165, 1.54) is 0 Å². The van der Waals surface area contributed by atoms with E-state index in [0.29, 0.717) is 0 Å². The number of aliphatic hydroxyl groups is 4. The van der Waals surface area contributed by atoms with Gasteiger partial charge in [-0.25, -0.2) is 0 Å². The molecule has 0 radical (unpaired) electrons. The summed E-state index contributed by atoms with van der Waals surface area (Å²) < 4.78 is 73.7. The van der Waals surface area contributed by atoms with Crippen molar-refractivity contribution in [2.75, 3.05) is 19.8 Å².